The van der Waals surface area contributed by atoms with Crippen molar-refractivity contribution in [2.45, 2.75) is 50.6 Å². The van der Waals surface area contributed by atoms with Gasteiger partial charge in [-0.2, -0.15) is 0 Å². The number of hydrogen-bond donors (Lipinski definition) is 1. The zero-order valence-electron chi connectivity index (χ0n) is 18.9. The number of allylic oxidation sites excluding steroid dienone is 2. The summed E-state index contributed by atoms with van der Waals surface area (Å²) in [7, 11) is -3.22. The Morgan fingerprint density at radius 2 is 1.90 bits per heavy atom. The Morgan fingerprint density at radius 1 is 1.23 bits per heavy atom. The number of hydrogen-bond acceptors (Lipinski definition) is 6. The Labute approximate surface area is 191 Å². The molecule has 0 saturated carbocycles. The highest BCUT2D eigenvalue weighted by Gasteiger charge is 2.31. The first kappa shape index (κ1) is 24.4. The van der Waals surface area contributed by atoms with Gasteiger partial charge in [-0.15, -0.1) is 11.6 Å². The molecule has 0 bridgehead atoms. The van der Waals surface area contributed by atoms with Gasteiger partial charge < -0.3 is 14.5 Å². The summed E-state index contributed by atoms with van der Waals surface area (Å²) in [5.41, 5.74) is 1.85. The first-order valence-electron chi connectivity index (χ1n) is 10.9. The lowest BCUT2D eigenvalue weighted by atomic mass is 10.0. The van der Waals surface area contributed by atoms with Crippen molar-refractivity contribution < 1.29 is 17.9 Å². The average molecular weight is 475 g/mol. The van der Waals surface area contributed by atoms with Gasteiger partial charge in [0.15, 0.2) is 0 Å². The zero-order chi connectivity index (χ0) is 22.8. The van der Waals surface area contributed by atoms with E-state index in [9.17, 15) is 13.2 Å². The summed E-state index contributed by atoms with van der Waals surface area (Å²) in [6.07, 6.45) is 6.81. The molecule has 176 valence electrons. The van der Waals surface area contributed by atoms with Gasteiger partial charge in [0.1, 0.15) is 5.60 Å². The fourth-order valence-electron chi connectivity index (χ4n) is 4.19. The van der Waals surface area contributed by atoms with Crippen molar-refractivity contribution in [3.8, 4) is 0 Å². The van der Waals surface area contributed by atoms with Crippen molar-refractivity contribution in [1.29, 1.82) is 0 Å². The van der Waals surface area contributed by atoms with Gasteiger partial charge in [0.05, 0.1) is 11.6 Å². The van der Waals surface area contributed by atoms with Gasteiger partial charge in [0.2, 0.25) is 10.0 Å². The fraction of sp³-hybridized carbons (Fsp3) is 0.762. The lowest BCUT2D eigenvalue weighted by Gasteiger charge is -2.37. The second-order valence-corrected chi connectivity index (χ2v) is 11.9. The van der Waals surface area contributed by atoms with Crippen LogP contribution in [0.5, 0.6) is 0 Å². The van der Waals surface area contributed by atoms with Crippen LogP contribution < -0.4 is 4.72 Å². The van der Waals surface area contributed by atoms with Crippen molar-refractivity contribution >= 4 is 27.7 Å². The van der Waals surface area contributed by atoms with Gasteiger partial charge >= 0.3 is 6.09 Å². The second-order valence-electron chi connectivity index (χ2n) is 9.60. The molecule has 2 aliphatic heterocycles. The summed E-state index contributed by atoms with van der Waals surface area (Å²) in [5, 5.41) is -0.0512. The first-order chi connectivity index (χ1) is 14.4. The number of rotatable bonds is 5. The molecule has 2 saturated heterocycles. The lowest BCUT2D eigenvalue weighted by molar-refractivity contribution is 0.0152. The molecule has 0 aromatic heterocycles. The van der Waals surface area contributed by atoms with Crippen molar-refractivity contribution in [2.75, 3.05) is 52.1 Å². The number of nitrogens with one attached hydrogen (secondary N) is 1. The molecule has 2 atom stereocenters. The molecule has 31 heavy (non-hydrogen) atoms. The van der Waals surface area contributed by atoms with Crippen LogP contribution in [0, 0.1) is 0 Å². The highest BCUT2D eigenvalue weighted by atomic mass is 35.5. The van der Waals surface area contributed by atoms with Gasteiger partial charge in [-0.05, 0) is 45.3 Å². The van der Waals surface area contributed by atoms with Crippen molar-refractivity contribution in [1.82, 2.24) is 19.4 Å². The maximum atomic E-state index is 12.3. The standard InChI is InChI=1S/C21H35ClN4O4S/c1-21(2,3)30-20(27)25-11-9-24(10-12-25)14-16-5-6-17(22)13-19(16)26-8-7-18(15-26)23-31(4,28)29/h5,13,17-18,23H,6-12,14-15H2,1-4H3/t17?,18-/m1/s1. The normalized spacial score (nSPS) is 26.0. The van der Waals surface area contributed by atoms with E-state index in [1.807, 2.05) is 20.8 Å². The van der Waals surface area contributed by atoms with Crippen LogP contribution in [0.4, 0.5) is 4.79 Å². The topological polar surface area (TPSA) is 82.2 Å². The van der Waals surface area contributed by atoms with Gasteiger partial charge in [-0.3, -0.25) is 4.90 Å². The maximum absolute atomic E-state index is 12.3. The van der Waals surface area contributed by atoms with Crippen molar-refractivity contribution in [3.63, 3.8) is 0 Å². The maximum Gasteiger partial charge on any atom is 0.410 e. The van der Waals surface area contributed by atoms with Crippen LogP contribution in [0.2, 0.25) is 0 Å². The highest BCUT2D eigenvalue weighted by Crippen LogP contribution is 2.29. The Kier molecular flexibility index (Phi) is 7.61. The molecule has 0 aromatic carbocycles. The molecular weight excluding hydrogens is 440 g/mol. The molecule has 3 aliphatic rings. The predicted molar refractivity (Wildman–Crippen MR) is 123 cm³/mol. The van der Waals surface area contributed by atoms with E-state index in [1.54, 1.807) is 4.90 Å². The number of nitrogens with zero attached hydrogens (tertiary/aromatic N) is 3. The number of ether oxygens (including phenoxy) is 1. The zero-order valence-corrected chi connectivity index (χ0v) is 20.5. The summed E-state index contributed by atoms with van der Waals surface area (Å²) in [5.74, 6) is 0. The molecule has 2 heterocycles. The number of sulfonamides is 1. The summed E-state index contributed by atoms with van der Waals surface area (Å²) >= 11 is 6.42. The highest BCUT2D eigenvalue weighted by molar-refractivity contribution is 7.88. The third-order valence-corrected chi connectivity index (χ3v) is 6.65. The molecule has 2 fully saturated rings. The largest absolute Gasteiger partial charge is 0.444 e. The van der Waals surface area contributed by atoms with Crippen LogP contribution in [0.1, 0.15) is 33.6 Å². The van der Waals surface area contributed by atoms with Gasteiger partial charge in [-0.1, -0.05) is 6.08 Å². The molecule has 1 N–H and O–H groups in total. The average Bonchev–Trinajstić information content (AvgIpc) is 3.08. The smallest absolute Gasteiger partial charge is 0.410 e. The number of likely N-dealkylation sites (tertiary alicyclic amines) is 1. The Balaban J connectivity index is 1.56. The summed E-state index contributed by atoms with van der Waals surface area (Å²) in [4.78, 5) is 18.6. The minimum absolute atomic E-state index is 0.0512. The van der Waals surface area contributed by atoms with E-state index in [4.69, 9.17) is 16.3 Å². The minimum Gasteiger partial charge on any atom is -0.444 e. The molecule has 3 rings (SSSR count). The van der Waals surface area contributed by atoms with Crippen LogP contribution in [0.3, 0.4) is 0 Å². The van der Waals surface area contributed by atoms with Crippen LogP contribution in [-0.2, 0) is 14.8 Å². The van der Waals surface area contributed by atoms with E-state index in [0.717, 1.165) is 44.7 Å². The van der Waals surface area contributed by atoms with E-state index in [-0.39, 0.29) is 17.5 Å². The SMILES string of the molecule is CC(C)(C)OC(=O)N1CCN(CC2=CCC(Cl)C=C2N2CC[C@@H](NS(C)(=O)=O)C2)CC1. The summed E-state index contributed by atoms with van der Waals surface area (Å²) in [6, 6.07) is -0.0785. The van der Waals surface area contributed by atoms with E-state index < -0.39 is 15.6 Å². The predicted octanol–water partition coefficient (Wildman–Crippen LogP) is 1.98. The number of carbonyl (C=O) groups is 1. The molecule has 0 aromatic rings. The number of carbonyl (C=O) groups excluding carboxylic acids is 1. The molecule has 0 radical (unpaired) electrons. The lowest BCUT2D eigenvalue weighted by Crippen LogP contribution is -2.50. The van der Waals surface area contributed by atoms with Crippen LogP contribution in [0.25, 0.3) is 0 Å². The quantitative estimate of drug-likeness (QED) is 0.613. The molecule has 8 nitrogen and oxygen atoms in total. The second kappa shape index (κ2) is 9.68. The number of halogens is 1. The van der Waals surface area contributed by atoms with Crippen molar-refractivity contribution in [3.05, 3.63) is 23.4 Å². The van der Waals surface area contributed by atoms with Crippen molar-refractivity contribution in [2.24, 2.45) is 0 Å². The summed E-state index contributed by atoms with van der Waals surface area (Å²) < 4.78 is 31.4. The molecule has 1 aliphatic carbocycles. The number of piperazine rings is 1. The number of alkyl halides is 1. The Bertz CT molecular complexity index is 829. The van der Waals surface area contributed by atoms with Crippen LogP contribution >= 0.6 is 11.6 Å². The van der Waals surface area contributed by atoms with E-state index in [2.05, 4.69) is 26.7 Å². The first-order valence-corrected chi connectivity index (χ1v) is 13.2. The van der Waals surface area contributed by atoms with Gasteiger partial charge in [0.25, 0.3) is 0 Å². The molecule has 1 amide bonds. The van der Waals surface area contributed by atoms with Gasteiger partial charge in [-0.25, -0.2) is 17.9 Å². The van der Waals surface area contributed by atoms with Crippen LogP contribution in [0.15, 0.2) is 23.4 Å². The van der Waals surface area contributed by atoms with E-state index >= 15 is 0 Å². The molecule has 10 heteroatoms. The minimum atomic E-state index is -3.22. The number of amides is 1. The Hall–Kier alpha value is -1.29. The monoisotopic (exact) mass is 474 g/mol. The summed E-state index contributed by atoms with van der Waals surface area (Å²) in [6.45, 7) is 10.7. The third-order valence-electron chi connectivity index (χ3n) is 5.58. The fourth-order valence-corrected chi connectivity index (χ4v) is 5.20. The van der Waals surface area contributed by atoms with E-state index in [1.165, 1.54) is 11.8 Å². The molecular formula is C21H35ClN4O4S. The molecule has 0 spiro atoms. The van der Waals surface area contributed by atoms with Crippen LogP contribution in [-0.4, -0.2) is 98.3 Å². The molecule has 1 unspecified atom stereocenters. The van der Waals surface area contributed by atoms with E-state index in [0.29, 0.717) is 19.6 Å². The Morgan fingerprint density at radius 3 is 2.52 bits per heavy atom. The third kappa shape index (κ3) is 7.37. The van der Waals surface area contributed by atoms with Gasteiger partial charge in [0, 0.05) is 57.6 Å².